The predicted octanol–water partition coefficient (Wildman–Crippen LogP) is 1.77. The number of ether oxygens (including phenoxy) is 2. The summed E-state index contributed by atoms with van der Waals surface area (Å²) in [5, 5.41) is 81.4. The zero-order valence-corrected chi connectivity index (χ0v) is 22.1. The van der Waals surface area contributed by atoms with Gasteiger partial charge in [0.05, 0.1) is 12.2 Å². The van der Waals surface area contributed by atoms with Gasteiger partial charge in [-0.3, -0.25) is 4.79 Å². The molecule has 43 heavy (non-hydrogen) atoms. The summed E-state index contributed by atoms with van der Waals surface area (Å²) in [4.78, 5) is 25.9. The lowest BCUT2D eigenvalue weighted by Gasteiger charge is -2.41. The van der Waals surface area contributed by atoms with Crippen LogP contribution in [0.4, 0.5) is 0 Å². The van der Waals surface area contributed by atoms with Gasteiger partial charge in [0.15, 0.2) is 28.6 Å². The first-order chi connectivity index (χ1) is 20.5. The topological polar surface area (TPSA) is 228 Å². The molecule has 0 aliphatic carbocycles. The molecular formula is C30H26O13. The van der Waals surface area contributed by atoms with Gasteiger partial charge in [-0.05, 0) is 42.0 Å². The van der Waals surface area contributed by atoms with Crippen molar-refractivity contribution >= 4 is 23.0 Å². The van der Waals surface area contributed by atoms with Crippen LogP contribution < -0.4 is 5.43 Å². The third kappa shape index (κ3) is 5.69. The minimum absolute atomic E-state index is 0.00965. The molecule has 1 fully saturated rings. The van der Waals surface area contributed by atoms with Crippen molar-refractivity contribution in [1.82, 2.24) is 0 Å². The maximum atomic E-state index is 13.1. The monoisotopic (exact) mass is 594 g/mol. The number of aliphatic hydroxyl groups is 3. The quantitative estimate of drug-likeness (QED) is 0.0905. The molecule has 0 bridgehead atoms. The van der Waals surface area contributed by atoms with Crippen LogP contribution in [0.1, 0.15) is 17.2 Å². The van der Waals surface area contributed by atoms with Gasteiger partial charge < -0.3 is 54.7 Å². The van der Waals surface area contributed by atoms with Crippen molar-refractivity contribution in [2.75, 3.05) is 6.61 Å². The third-order valence-corrected chi connectivity index (χ3v) is 6.97. The summed E-state index contributed by atoms with van der Waals surface area (Å²) in [5.41, 5.74) is -0.955. The summed E-state index contributed by atoms with van der Waals surface area (Å²) < 4.78 is 17.1. The Balaban J connectivity index is 1.62. The normalized spacial score (nSPS) is 22.2. The molecule has 2 heterocycles. The van der Waals surface area contributed by atoms with E-state index in [0.29, 0.717) is 5.56 Å². The summed E-state index contributed by atoms with van der Waals surface area (Å²) in [5.74, 6) is -3.51. The van der Waals surface area contributed by atoms with Gasteiger partial charge in [-0.2, -0.15) is 0 Å². The number of carbonyl (C=O) groups excluding carboxylic acids is 1. The minimum Gasteiger partial charge on any atom is -0.508 e. The van der Waals surface area contributed by atoms with E-state index in [1.165, 1.54) is 36.4 Å². The molecule has 3 aromatic carbocycles. The SMILES string of the molecule is O=C(/C=C/c1ccc(O)cc1)O[C@H]1[C@@H](O)[C@@H](O)[C@@H](CO)O[C@H]1c1c(O)cc(O)c2c(=O)cc(-c3ccc(O)c(O)c3)oc12. The van der Waals surface area contributed by atoms with Crippen LogP contribution in [0, 0.1) is 0 Å². The maximum Gasteiger partial charge on any atom is 0.331 e. The summed E-state index contributed by atoms with van der Waals surface area (Å²) in [7, 11) is 0. The second-order valence-electron chi connectivity index (χ2n) is 9.80. The molecule has 0 spiro atoms. The number of hydrogen-bond donors (Lipinski definition) is 8. The van der Waals surface area contributed by atoms with Crippen molar-refractivity contribution in [3.05, 3.63) is 82.0 Å². The van der Waals surface area contributed by atoms with E-state index in [-0.39, 0.29) is 22.6 Å². The van der Waals surface area contributed by atoms with E-state index in [2.05, 4.69) is 0 Å². The number of phenolic OH excluding ortho intramolecular Hbond substituents is 5. The van der Waals surface area contributed by atoms with E-state index < -0.39 is 82.5 Å². The molecule has 1 aliphatic rings. The van der Waals surface area contributed by atoms with E-state index >= 15 is 0 Å². The van der Waals surface area contributed by atoms with Crippen molar-refractivity contribution in [1.29, 1.82) is 0 Å². The number of benzene rings is 3. The van der Waals surface area contributed by atoms with Gasteiger partial charge in [0.25, 0.3) is 0 Å². The second kappa shape index (κ2) is 11.7. The van der Waals surface area contributed by atoms with Gasteiger partial charge in [0, 0.05) is 23.8 Å². The van der Waals surface area contributed by atoms with Crippen LogP contribution >= 0.6 is 0 Å². The molecule has 5 atom stereocenters. The average Bonchev–Trinajstić information content (AvgIpc) is 2.97. The fourth-order valence-corrected chi connectivity index (χ4v) is 4.79. The lowest BCUT2D eigenvalue weighted by Crippen LogP contribution is -2.56. The van der Waals surface area contributed by atoms with E-state index in [4.69, 9.17) is 13.9 Å². The molecule has 13 heteroatoms. The highest BCUT2D eigenvalue weighted by atomic mass is 16.6. The number of carbonyl (C=O) groups is 1. The predicted molar refractivity (Wildman–Crippen MR) is 148 cm³/mol. The van der Waals surface area contributed by atoms with Crippen molar-refractivity contribution < 1.29 is 59.5 Å². The van der Waals surface area contributed by atoms with Gasteiger partial charge in [-0.25, -0.2) is 4.79 Å². The highest BCUT2D eigenvalue weighted by Gasteiger charge is 2.49. The van der Waals surface area contributed by atoms with Crippen LogP contribution in [0.5, 0.6) is 28.7 Å². The molecule has 0 radical (unpaired) electrons. The van der Waals surface area contributed by atoms with Crippen LogP contribution in [0.25, 0.3) is 28.4 Å². The first-order valence-electron chi connectivity index (χ1n) is 12.8. The van der Waals surface area contributed by atoms with E-state index in [1.807, 2.05) is 0 Å². The number of esters is 1. The second-order valence-corrected chi connectivity index (χ2v) is 9.80. The van der Waals surface area contributed by atoms with Gasteiger partial charge >= 0.3 is 5.97 Å². The van der Waals surface area contributed by atoms with E-state index in [0.717, 1.165) is 30.3 Å². The van der Waals surface area contributed by atoms with Gasteiger partial charge in [0.1, 0.15) is 52.8 Å². The number of aliphatic hydroxyl groups excluding tert-OH is 3. The van der Waals surface area contributed by atoms with Crippen LogP contribution in [0.3, 0.4) is 0 Å². The number of aromatic hydroxyl groups is 5. The first-order valence-corrected chi connectivity index (χ1v) is 12.8. The molecule has 5 rings (SSSR count). The maximum absolute atomic E-state index is 13.1. The summed E-state index contributed by atoms with van der Waals surface area (Å²) in [6, 6.07) is 11.2. The number of phenols is 5. The van der Waals surface area contributed by atoms with Crippen molar-refractivity contribution in [3.8, 4) is 40.1 Å². The highest BCUT2D eigenvalue weighted by molar-refractivity contribution is 5.90. The van der Waals surface area contributed by atoms with E-state index in [1.54, 1.807) is 0 Å². The molecule has 0 unspecified atom stereocenters. The minimum atomic E-state index is -1.87. The first kappa shape index (κ1) is 29.4. The summed E-state index contributed by atoms with van der Waals surface area (Å²) in [6.45, 7) is -0.797. The molecule has 4 aromatic rings. The fourth-order valence-electron chi connectivity index (χ4n) is 4.79. The summed E-state index contributed by atoms with van der Waals surface area (Å²) >= 11 is 0. The molecule has 8 N–H and O–H groups in total. The lowest BCUT2D eigenvalue weighted by molar-refractivity contribution is -0.239. The largest absolute Gasteiger partial charge is 0.508 e. The molecule has 0 saturated carbocycles. The van der Waals surface area contributed by atoms with Gasteiger partial charge in [-0.15, -0.1) is 0 Å². The van der Waals surface area contributed by atoms with Crippen LogP contribution in [-0.2, 0) is 14.3 Å². The zero-order valence-electron chi connectivity index (χ0n) is 22.1. The smallest absolute Gasteiger partial charge is 0.331 e. The molecule has 0 amide bonds. The molecule has 1 aliphatic heterocycles. The van der Waals surface area contributed by atoms with Gasteiger partial charge in [0.2, 0.25) is 0 Å². The molecule has 224 valence electrons. The Kier molecular flexibility index (Phi) is 7.98. The van der Waals surface area contributed by atoms with Gasteiger partial charge in [-0.1, -0.05) is 12.1 Å². The number of hydrogen-bond acceptors (Lipinski definition) is 13. The lowest BCUT2D eigenvalue weighted by atomic mass is 9.89. The van der Waals surface area contributed by atoms with Crippen molar-refractivity contribution in [2.45, 2.75) is 30.5 Å². The van der Waals surface area contributed by atoms with Crippen LogP contribution in [0.2, 0.25) is 0 Å². The van der Waals surface area contributed by atoms with Crippen molar-refractivity contribution in [2.24, 2.45) is 0 Å². The zero-order chi connectivity index (χ0) is 31.0. The molecular weight excluding hydrogens is 568 g/mol. The third-order valence-electron chi connectivity index (χ3n) is 6.97. The van der Waals surface area contributed by atoms with Crippen molar-refractivity contribution in [3.63, 3.8) is 0 Å². The standard InChI is InChI=1S/C30H26O13/c31-12-22-26(39)27(40)30(43-23(38)8-3-13-1-5-15(32)6-2-13)29(42-22)25-19(36)10-18(35)24-20(37)11-21(41-28(24)25)14-4-7-16(33)17(34)9-14/h1-11,22,26-27,29-36,39-40H,12H2/b8-3+/t22-,26+,27+,29+,30+/m1/s1. The Bertz CT molecular complexity index is 1760. The van der Waals surface area contributed by atoms with Crippen LogP contribution in [0.15, 0.2) is 69.9 Å². The fraction of sp³-hybridized carbons (Fsp3) is 0.200. The highest BCUT2D eigenvalue weighted by Crippen LogP contribution is 2.45. The Morgan fingerprint density at radius 1 is 0.860 bits per heavy atom. The van der Waals surface area contributed by atoms with E-state index in [9.17, 15) is 50.4 Å². The average molecular weight is 595 g/mol. The summed E-state index contributed by atoms with van der Waals surface area (Å²) in [6.07, 6.45) is -6.08. The Hall–Kier alpha value is -5.08. The van der Waals surface area contributed by atoms with Crippen LogP contribution in [-0.4, -0.2) is 77.8 Å². The number of rotatable bonds is 6. The molecule has 1 saturated heterocycles. The number of fused-ring (bicyclic) bond motifs is 1. The Morgan fingerprint density at radius 3 is 2.26 bits per heavy atom. The molecule has 1 aromatic heterocycles. The Labute approximate surface area is 242 Å². The molecule has 13 nitrogen and oxygen atoms in total. The Morgan fingerprint density at radius 2 is 1.58 bits per heavy atom.